The van der Waals surface area contributed by atoms with Gasteiger partial charge in [-0.25, -0.2) is 4.39 Å². The van der Waals surface area contributed by atoms with Crippen molar-refractivity contribution in [3.63, 3.8) is 0 Å². The predicted molar refractivity (Wildman–Crippen MR) is 588 cm³/mol. The van der Waals surface area contributed by atoms with E-state index in [1.165, 1.54) is 152 Å². The summed E-state index contributed by atoms with van der Waals surface area (Å²) in [6.45, 7) is 21.2. The van der Waals surface area contributed by atoms with Gasteiger partial charge >= 0.3 is 0 Å². The minimum absolute atomic E-state index is 0. The lowest BCUT2D eigenvalue weighted by Crippen LogP contribution is -2.29. The highest BCUT2D eigenvalue weighted by Crippen LogP contribution is 2.42. The fraction of sp³-hybridized carbons (Fsp3) is 0.295. The van der Waals surface area contributed by atoms with Gasteiger partial charge in [-0.15, -0.1) is 0 Å². The van der Waals surface area contributed by atoms with Crippen molar-refractivity contribution in [1.82, 2.24) is 0 Å². The fourth-order valence-corrected chi connectivity index (χ4v) is 20.6. The Hall–Kier alpha value is -14.3. The number of methoxy groups -OCH3 is 6. The first-order valence-electron chi connectivity index (χ1n) is 50.5. The van der Waals surface area contributed by atoms with E-state index in [-0.39, 0.29) is 25.8 Å². The molecule has 0 spiro atoms. The fourth-order valence-electron chi connectivity index (χ4n) is 20.6. The van der Waals surface area contributed by atoms with E-state index >= 15 is 0 Å². The van der Waals surface area contributed by atoms with Crippen LogP contribution in [-0.4, -0.2) is 86.4 Å². The molecule has 5 aliphatic rings. The van der Waals surface area contributed by atoms with Crippen molar-refractivity contribution in [2.45, 2.75) is 178 Å². The molecule has 1 amide bonds. The molecule has 0 atom stereocenters. The average molecular weight is 1910 g/mol. The van der Waals surface area contributed by atoms with Gasteiger partial charge in [-0.1, -0.05) is 277 Å². The highest BCUT2D eigenvalue weighted by molar-refractivity contribution is 6.08. The molecule has 0 radical (unpaired) electrons. The minimum Gasteiger partial charge on any atom is -0.497 e. The molecule has 5 heterocycles. The van der Waals surface area contributed by atoms with Crippen molar-refractivity contribution in [2.75, 3.05) is 99.9 Å². The van der Waals surface area contributed by atoms with Crippen LogP contribution in [0.25, 0.3) is 0 Å². The Morgan fingerprint density at radius 1 is 0.259 bits per heavy atom. The highest BCUT2D eigenvalue weighted by Gasteiger charge is 2.32. The number of anilines is 5. The van der Waals surface area contributed by atoms with Crippen LogP contribution >= 0.6 is 0 Å². The number of hydrogen-bond acceptors (Lipinski definition) is 12. The molecule has 5 aliphatic heterocycles. The maximum atomic E-state index is 14.3. The Balaban J connectivity index is 0.000000135. The van der Waals surface area contributed by atoms with Gasteiger partial charge in [0.1, 0.15) is 40.3 Å². The van der Waals surface area contributed by atoms with Crippen molar-refractivity contribution in [2.24, 2.45) is 0 Å². The summed E-state index contributed by atoms with van der Waals surface area (Å²) in [7, 11) is 9.92. The van der Waals surface area contributed by atoms with Crippen LogP contribution in [0, 0.1) is 47.4 Å². The molecule has 0 saturated heterocycles. The van der Waals surface area contributed by atoms with E-state index in [2.05, 4.69) is 310 Å². The molecule has 143 heavy (non-hydrogen) atoms. The third-order valence-corrected chi connectivity index (χ3v) is 28.2. The standard InChI is InChI=1S/C26H28FNO2.C26H27NO3.C26H29NO2.C25H27NO.C25H27N.CH4/c1-18-4-6-19(7-5-18)8-9-21-14-23(27)15-22-10-11-28(26(21)22)17-20-12-24(29-2)16-25(13-20)30-3;1-18-7-9-19(10-8-18)11-12-20-5-4-6-21-13-14-27(25(20)21)26(28)22-15-23(29-2)17-24(16-22)30-3;1-19-6-8-20(9-7-19)10-11-23-4-3-5-24-12-13-27(26(23)24)17-21-14-22(18-28)16-25(15-21)29-2;1-19-9-11-20(12-10-19)13-14-22-6-4-7-23-15-16-26(25(22)23)18-21-5-3-8-24(17-21)27-2;1-19-9-11-21(12-10-19)13-14-23-7-4-8-24-15-16-26(25(23)24)18-22-6-3-5-20(2)17-22;/h4-7,12-16H,8-11,17H2,1-3H3;4-10,15-17H,11-14H2,1-3H3;3-9,14-16,28H,10-13,17-18H2,1-2H3;3-12,17H,13-16,18H2,1-2H3;3-12,17H,13-16,18H2,1-2H3;1H4. The van der Waals surface area contributed by atoms with E-state index in [0.717, 1.165) is 193 Å². The molecule has 14 heteroatoms. The number of carbonyl (C=O) groups is 1. The summed E-state index contributed by atoms with van der Waals surface area (Å²) < 4.78 is 46.6. The van der Waals surface area contributed by atoms with E-state index in [0.29, 0.717) is 23.6 Å². The summed E-state index contributed by atoms with van der Waals surface area (Å²) >= 11 is 0. The quantitative estimate of drug-likeness (QED) is 0.0447. The van der Waals surface area contributed by atoms with Gasteiger partial charge in [0, 0.05) is 99.3 Å². The summed E-state index contributed by atoms with van der Waals surface area (Å²) in [6.07, 6.45) is 15.2. The number of amides is 1. The maximum absolute atomic E-state index is 14.3. The smallest absolute Gasteiger partial charge is 0.258 e. The summed E-state index contributed by atoms with van der Waals surface area (Å²) in [6, 6.07) is 109. The largest absolute Gasteiger partial charge is 0.497 e. The summed E-state index contributed by atoms with van der Waals surface area (Å²) in [5, 5.41) is 9.57. The molecular weight excluding hydrogens is 1770 g/mol. The van der Waals surface area contributed by atoms with Gasteiger partial charge in [0.15, 0.2) is 0 Å². The maximum Gasteiger partial charge on any atom is 0.258 e. The summed E-state index contributed by atoms with van der Waals surface area (Å²) in [4.78, 5) is 25.3. The van der Waals surface area contributed by atoms with Crippen molar-refractivity contribution < 1.29 is 42.7 Å². The predicted octanol–water partition coefficient (Wildman–Crippen LogP) is 27.0. The van der Waals surface area contributed by atoms with Crippen LogP contribution in [0.1, 0.15) is 162 Å². The first-order valence-corrected chi connectivity index (χ1v) is 50.5. The monoisotopic (exact) mass is 1910 g/mol. The van der Waals surface area contributed by atoms with Crippen LogP contribution in [0.5, 0.6) is 34.5 Å². The second-order valence-corrected chi connectivity index (χ2v) is 38.6. The van der Waals surface area contributed by atoms with Crippen LogP contribution < -0.4 is 52.9 Å². The normalized spacial score (nSPS) is 12.7. The molecule has 0 bridgehead atoms. The number of rotatable bonds is 31. The number of aliphatic hydroxyl groups excluding tert-OH is 1. The summed E-state index contributed by atoms with van der Waals surface area (Å²) in [5.74, 6) is 4.36. The number of halogens is 1. The molecule has 0 unspecified atom stereocenters. The molecule has 0 fully saturated rings. The van der Waals surface area contributed by atoms with Crippen molar-refractivity contribution in [3.8, 4) is 34.5 Å². The Labute approximate surface area is 849 Å². The third kappa shape index (κ3) is 27.3. The lowest BCUT2D eigenvalue weighted by atomic mass is 9.99. The van der Waals surface area contributed by atoms with Crippen LogP contribution in [0.3, 0.4) is 0 Å². The molecule has 1 N–H and O–H groups in total. The SMILES string of the molecule is C.COc1cc(CN2CCc3cc(F)cc(CCc4ccc(C)cc4)c32)cc(OC)c1.COc1cc(CO)cc(CN2CCc3cccc(CCc4ccc(C)cc4)c32)c1.COc1cc(OC)cc(C(=O)N2CCc3cccc(CCc4ccc(C)cc4)c32)c1.COc1cccc(CN2CCc3cccc(CCc4ccc(C)cc4)c32)c1.Cc1ccc(CCc2cccc3c2N(Cc2cccc(C)c2)CC3)cc1. The topological polar surface area (TPSA) is 109 Å². The van der Waals surface area contributed by atoms with Gasteiger partial charge in [-0.3, -0.25) is 4.79 Å². The second kappa shape index (κ2) is 49.9. The van der Waals surface area contributed by atoms with Crippen molar-refractivity contribution >= 4 is 34.3 Å². The van der Waals surface area contributed by atoms with Crippen LogP contribution in [0.4, 0.5) is 32.8 Å². The molecule has 738 valence electrons. The molecule has 0 saturated carbocycles. The lowest BCUT2D eigenvalue weighted by molar-refractivity contribution is 0.0988. The van der Waals surface area contributed by atoms with Crippen LogP contribution in [0.2, 0.25) is 0 Å². The van der Waals surface area contributed by atoms with Gasteiger partial charge < -0.3 is 58.0 Å². The molecule has 13 nitrogen and oxygen atoms in total. The molecular formula is C129H142FN5O8. The van der Waals surface area contributed by atoms with E-state index < -0.39 is 0 Å². The number of aliphatic hydroxyl groups is 1. The van der Waals surface area contributed by atoms with Crippen LogP contribution in [0.15, 0.2) is 309 Å². The van der Waals surface area contributed by atoms with Gasteiger partial charge in [-0.2, -0.15) is 0 Å². The first-order chi connectivity index (χ1) is 69.2. The Kier molecular flexibility index (Phi) is 35.9. The zero-order valence-corrected chi connectivity index (χ0v) is 85.0. The zero-order chi connectivity index (χ0) is 99.0. The van der Waals surface area contributed by atoms with Crippen LogP contribution in [-0.2, 0) is 129 Å². The second-order valence-electron chi connectivity index (χ2n) is 38.6. The summed E-state index contributed by atoms with van der Waals surface area (Å²) in [5.41, 5.74) is 41.2. The molecule has 15 aromatic carbocycles. The van der Waals surface area contributed by atoms with E-state index in [4.69, 9.17) is 28.4 Å². The van der Waals surface area contributed by atoms with E-state index in [9.17, 15) is 14.3 Å². The third-order valence-electron chi connectivity index (χ3n) is 28.2. The van der Waals surface area contributed by atoms with E-state index in [1.54, 1.807) is 73.0 Å². The number of para-hydroxylation sites is 4. The lowest BCUT2D eigenvalue weighted by Gasteiger charge is -2.23. The van der Waals surface area contributed by atoms with Gasteiger partial charge in [0.25, 0.3) is 5.91 Å². The number of aryl methyl sites for hydroxylation is 16. The van der Waals surface area contributed by atoms with Gasteiger partial charge in [-0.05, 0) is 310 Å². The first kappa shape index (κ1) is 103. The van der Waals surface area contributed by atoms with Crippen molar-refractivity contribution in [3.05, 3.63) is 465 Å². The molecule has 15 aromatic rings. The average Bonchev–Trinajstić information content (AvgIpc) is 1.64. The Bertz CT molecular complexity index is 6690. The number of nitrogens with zero attached hydrogens (tertiary/aromatic N) is 5. The number of hydrogen-bond donors (Lipinski definition) is 1. The van der Waals surface area contributed by atoms with E-state index in [1.807, 2.05) is 35.2 Å². The molecule has 0 aliphatic carbocycles. The van der Waals surface area contributed by atoms with Gasteiger partial charge in [0.2, 0.25) is 0 Å². The van der Waals surface area contributed by atoms with Crippen molar-refractivity contribution in [1.29, 1.82) is 0 Å². The Morgan fingerprint density at radius 2 is 0.552 bits per heavy atom. The number of carbonyl (C=O) groups excluding carboxylic acids is 1. The zero-order valence-electron chi connectivity index (χ0n) is 85.0. The Morgan fingerprint density at radius 3 is 0.930 bits per heavy atom. The number of benzene rings is 15. The van der Waals surface area contributed by atoms with Gasteiger partial charge in [0.05, 0.1) is 55.0 Å². The number of fused-ring (bicyclic) bond motifs is 5. The molecule has 20 rings (SSSR count). The minimum atomic E-state index is -0.141. The number of ether oxygens (including phenoxy) is 6. The highest BCUT2D eigenvalue weighted by atomic mass is 19.1. The molecule has 0 aromatic heterocycles.